The van der Waals surface area contributed by atoms with E-state index in [0.717, 1.165) is 17.8 Å². The lowest BCUT2D eigenvalue weighted by molar-refractivity contribution is -0.122. The van der Waals surface area contributed by atoms with Gasteiger partial charge in [0.2, 0.25) is 17.6 Å². The van der Waals surface area contributed by atoms with Gasteiger partial charge >= 0.3 is 0 Å². The van der Waals surface area contributed by atoms with Gasteiger partial charge in [-0.05, 0) is 54.8 Å². The van der Waals surface area contributed by atoms with Crippen molar-refractivity contribution in [2.75, 3.05) is 25.0 Å². The molecule has 0 saturated carbocycles. The molecule has 0 spiro atoms. The highest BCUT2D eigenvalue weighted by Gasteiger charge is 2.21. The molecule has 0 fully saturated rings. The highest BCUT2D eigenvalue weighted by molar-refractivity contribution is 5.96. The third kappa shape index (κ3) is 8.24. The highest BCUT2D eigenvalue weighted by atomic mass is 19.2. The van der Waals surface area contributed by atoms with E-state index in [2.05, 4.69) is 35.9 Å². The number of amides is 2. The number of halogens is 3. The first-order chi connectivity index (χ1) is 24.0. The van der Waals surface area contributed by atoms with Gasteiger partial charge in [-0.25, -0.2) is 23.7 Å². The van der Waals surface area contributed by atoms with E-state index >= 15 is 8.78 Å². The van der Waals surface area contributed by atoms with Crippen molar-refractivity contribution in [1.29, 1.82) is 0 Å². The van der Waals surface area contributed by atoms with E-state index in [1.165, 1.54) is 30.6 Å². The maximum Gasteiger partial charge on any atom is 0.251 e. The quantitative estimate of drug-likeness (QED) is 0.0569. The van der Waals surface area contributed by atoms with Crippen molar-refractivity contribution in [3.63, 3.8) is 0 Å². The van der Waals surface area contributed by atoms with E-state index < -0.39 is 29.2 Å². The zero-order valence-electron chi connectivity index (χ0n) is 26.8. The van der Waals surface area contributed by atoms with Crippen LogP contribution in [0.25, 0.3) is 16.9 Å². The van der Waals surface area contributed by atoms with Crippen molar-refractivity contribution in [1.82, 2.24) is 30.0 Å². The minimum atomic E-state index is -1.25. The number of nitrogens with two attached hydrogens (primary N) is 3. The average Bonchev–Trinajstić information content (AvgIpc) is 3.54. The molecule has 5 rings (SSSR count). The number of pyridine rings is 1. The number of aliphatic imine (C=N–C) groups is 1. The third-order valence-electron chi connectivity index (χ3n) is 7.44. The van der Waals surface area contributed by atoms with Gasteiger partial charge in [-0.15, -0.1) is 0 Å². The lowest BCUT2D eigenvalue weighted by atomic mass is 10.0. The molecule has 0 saturated heterocycles. The molecule has 3 heterocycles. The summed E-state index contributed by atoms with van der Waals surface area (Å²) in [5, 5.41) is 8.64. The van der Waals surface area contributed by atoms with Gasteiger partial charge in [-0.2, -0.15) is 4.39 Å². The van der Waals surface area contributed by atoms with Crippen molar-refractivity contribution in [3.8, 4) is 22.9 Å². The molecule has 1 unspecified atom stereocenters. The van der Waals surface area contributed by atoms with Crippen LogP contribution in [0.1, 0.15) is 29.3 Å². The van der Waals surface area contributed by atoms with E-state index in [-0.39, 0.29) is 61.0 Å². The molecule has 2 aromatic carbocycles. The first-order valence-electron chi connectivity index (χ1n) is 15.4. The minimum Gasteiger partial charge on any atom is -0.436 e. The molecule has 14 nitrogen and oxygen atoms in total. The van der Waals surface area contributed by atoms with Crippen LogP contribution in [0.2, 0.25) is 0 Å². The number of aryl methyl sites for hydroxylation is 1. The van der Waals surface area contributed by atoms with Crippen LogP contribution in [-0.2, 0) is 11.2 Å². The van der Waals surface area contributed by atoms with Gasteiger partial charge in [0, 0.05) is 54.9 Å². The molecule has 0 aliphatic heterocycles. The fraction of sp³-hybridized carbons (Fsp3) is 0.212. The lowest BCUT2D eigenvalue weighted by Gasteiger charge is -2.14. The van der Waals surface area contributed by atoms with E-state index in [0.29, 0.717) is 29.1 Å². The summed E-state index contributed by atoms with van der Waals surface area (Å²) in [5.41, 5.74) is 18.7. The number of ether oxygens (including phenoxy) is 1. The first-order valence-corrected chi connectivity index (χ1v) is 15.4. The molecule has 50 heavy (non-hydrogen) atoms. The van der Waals surface area contributed by atoms with Gasteiger partial charge < -0.3 is 37.9 Å². The number of anilines is 2. The summed E-state index contributed by atoms with van der Waals surface area (Å²) in [5.74, 6) is -4.01. The number of nitrogens with zero attached hydrogens (tertiary/aromatic N) is 5. The van der Waals surface area contributed by atoms with Gasteiger partial charge in [-0.1, -0.05) is 6.92 Å². The molecule has 0 bridgehead atoms. The maximum absolute atomic E-state index is 15.3. The van der Waals surface area contributed by atoms with Gasteiger partial charge in [0.25, 0.3) is 5.91 Å². The molecule has 0 aliphatic carbocycles. The number of rotatable bonds is 14. The second kappa shape index (κ2) is 15.8. The topological polar surface area (TPSA) is 213 Å². The number of carbonyl (C=O) groups is 2. The Bertz CT molecular complexity index is 2030. The number of fused-ring (bicyclic) bond motifs is 1. The van der Waals surface area contributed by atoms with Crippen molar-refractivity contribution in [2.24, 2.45) is 22.2 Å². The van der Waals surface area contributed by atoms with Crippen molar-refractivity contribution < 1.29 is 27.5 Å². The molecular weight excluding hydrogens is 655 g/mol. The maximum atomic E-state index is 15.3. The SMILES string of the molecule is CCc1cc(Nc2nccn3c(-c4ccc(Oc5ccc(F)cn5)c(F)c4F)cnc23)ccc1C(=O)NCCNC(=O)C(N)CCN=C(N)N. The Kier molecular flexibility index (Phi) is 11.1. The molecule has 2 amide bonds. The minimum absolute atomic E-state index is 0.0804. The second-order valence-corrected chi connectivity index (χ2v) is 10.9. The molecule has 0 radical (unpaired) electrons. The Hall–Kier alpha value is -6.23. The number of hydrogen-bond donors (Lipinski definition) is 6. The average molecular weight is 690 g/mol. The van der Waals surface area contributed by atoms with Crippen LogP contribution in [0.3, 0.4) is 0 Å². The van der Waals surface area contributed by atoms with Crippen LogP contribution < -0.4 is 37.9 Å². The van der Waals surface area contributed by atoms with Gasteiger partial charge in [0.05, 0.1) is 24.1 Å². The summed E-state index contributed by atoms with van der Waals surface area (Å²) in [6.07, 6.45) is 6.12. The number of imidazole rings is 1. The number of aromatic nitrogens is 4. The number of nitrogens with one attached hydrogen (secondary N) is 3. The number of carbonyl (C=O) groups excluding carboxylic acids is 2. The molecule has 17 heteroatoms. The fourth-order valence-electron chi connectivity index (χ4n) is 4.92. The van der Waals surface area contributed by atoms with Gasteiger partial charge in [0.15, 0.2) is 29.0 Å². The monoisotopic (exact) mass is 689 g/mol. The smallest absolute Gasteiger partial charge is 0.251 e. The highest BCUT2D eigenvalue weighted by Crippen LogP contribution is 2.33. The molecule has 5 aromatic rings. The van der Waals surface area contributed by atoms with Crippen LogP contribution >= 0.6 is 0 Å². The summed E-state index contributed by atoms with van der Waals surface area (Å²) in [4.78, 5) is 41.4. The van der Waals surface area contributed by atoms with E-state index in [1.54, 1.807) is 28.8 Å². The zero-order valence-corrected chi connectivity index (χ0v) is 26.8. The summed E-state index contributed by atoms with van der Waals surface area (Å²) in [6.45, 7) is 2.47. The molecule has 0 aliphatic rings. The van der Waals surface area contributed by atoms with E-state index in [9.17, 15) is 14.0 Å². The number of hydrogen-bond acceptors (Lipinski definition) is 9. The van der Waals surface area contributed by atoms with Gasteiger partial charge in [0.1, 0.15) is 5.82 Å². The zero-order chi connectivity index (χ0) is 35.8. The van der Waals surface area contributed by atoms with Crippen LogP contribution in [0.4, 0.5) is 24.7 Å². The van der Waals surface area contributed by atoms with Crippen molar-refractivity contribution >= 4 is 34.9 Å². The molecular formula is C33H34F3N11O3. The van der Waals surface area contributed by atoms with E-state index in [4.69, 9.17) is 21.9 Å². The summed E-state index contributed by atoms with van der Waals surface area (Å²) in [6, 6.07) is 9.23. The molecule has 3 aromatic heterocycles. The Balaban J connectivity index is 1.24. The normalized spacial score (nSPS) is 11.5. The Morgan fingerprint density at radius 1 is 0.980 bits per heavy atom. The van der Waals surface area contributed by atoms with Crippen LogP contribution in [-0.4, -0.2) is 62.8 Å². The fourth-order valence-corrected chi connectivity index (χ4v) is 4.92. The standard InChI is InChI=1S/C33H34F3N11O3/c1-2-18-15-20(4-5-21(18)31(48)41-11-12-42-32(49)23(37)9-10-43-33(38)39)46-29-30-45-17-24(47(30)14-13-40-29)22-6-7-25(28(36)27(22)35)50-26-8-3-19(34)16-44-26/h3-8,13-17,23H,2,9-12,37H2,1H3,(H,40,46)(H,41,48)(H,42,49)(H4,38,39,43). The molecule has 260 valence electrons. The van der Waals surface area contributed by atoms with Gasteiger partial charge in [-0.3, -0.25) is 19.0 Å². The molecule has 1 atom stereocenters. The van der Waals surface area contributed by atoms with Crippen LogP contribution in [0.5, 0.6) is 11.6 Å². The Labute approximate surface area is 284 Å². The number of guanidine groups is 1. The summed E-state index contributed by atoms with van der Waals surface area (Å²) < 4.78 is 50.3. The predicted molar refractivity (Wildman–Crippen MR) is 180 cm³/mol. The Morgan fingerprint density at radius 2 is 1.78 bits per heavy atom. The van der Waals surface area contributed by atoms with Crippen molar-refractivity contribution in [2.45, 2.75) is 25.8 Å². The predicted octanol–water partition coefficient (Wildman–Crippen LogP) is 3.14. The van der Waals surface area contributed by atoms with Crippen molar-refractivity contribution in [3.05, 3.63) is 95.8 Å². The molecule has 9 N–H and O–H groups in total. The largest absolute Gasteiger partial charge is 0.436 e. The second-order valence-electron chi connectivity index (χ2n) is 10.9. The van der Waals surface area contributed by atoms with Crippen LogP contribution in [0.15, 0.2) is 72.2 Å². The number of benzene rings is 2. The summed E-state index contributed by atoms with van der Waals surface area (Å²) >= 11 is 0. The summed E-state index contributed by atoms with van der Waals surface area (Å²) in [7, 11) is 0. The third-order valence-corrected chi connectivity index (χ3v) is 7.44. The first kappa shape index (κ1) is 35.1. The van der Waals surface area contributed by atoms with Crippen LogP contribution in [0, 0.1) is 17.5 Å². The lowest BCUT2D eigenvalue weighted by Crippen LogP contribution is -2.44. The Morgan fingerprint density at radius 3 is 2.52 bits per heavy atom. The van der Waals surface area contributed by atoms with E-state index in [1.807, 2.05) is 6.92 Å².